The second-order valence-electron chi connectivity index (χ2n) is 5.65. The predicted molar refractivity (Wildman–Crippen MR) is 82.2 cm³/mol. The minimum absolute atomic E-state index is 0.260. The van der Waals surface area contributed by atoms with Crippen molar-refractivity contribution in [3.8, 4) is 11.5 Å². The number of nitrogens with two attached hydrogens (primary N) is 1. The summed E-state index contributed by atoms with van der Waals surface area (Å²) in [4.78, 5) is 10.8. The molecule has 7 heteroatoms. The molecule has 0 amide bonds. The van der Waals surface area contributed by atoms with Crippen LogP contribution in [0, 0.1) is 0 Å². The number of aryl methyl sites for hydroxylation is 1. The minimum atomic E-state index is 0.260. The summed E-state index contributed by atoms with van der Waals surface area (Å²) in [5, 5.41) is 4.97. The Morgan fingerprint density at radius 1 is 1.38 bits per heavy atom. The normalized spacial score (nSPS) is 28.1. The number of thiophene rings is 1. The first-order chi connectivity index (χ1) is 10.2. The second kappa shape index (κ2) is 5.08. The van der Waals surface area contributed by atoms with Crippen LogP contribution in [0.5, 0.6) is 0 Å². The zero-order valence-corrected chi connectivity index (χ0v) is 12.9. The molecule has 2 N–H and O–H groups in total. The lowest BCUT2D eigenvalue weighted by atomic mass is 10.1. The van der Waals surface area contributed by atoms with E-state index in [1.165, 1.54) is 4.88 Å². The highest BCUT2D eigenvalue weighted by atomic mass is 32.1. The number of nitrogen functional groups attached to an aromatic ring is 1. The molecule has 3 fully saturated rings. The van der Waals surface area contributed by atoms with Crippen molar-refractivity contribution in [3.05, 3.63) is 16.8 Å². The average molecular weight is 305 g/mol. The number of rotatable bonds is 3. The van der Waals surface area contributed by atoms with Crippen molar-refractivity contribution in [1.82, 2.24) is 19.9 Å². The lowest BCUT2D eigenvalue weighted by Gasteiger charge is -2.46. The summed E-state index contributed by atoms with van der Waals surface area (Å²) in [6, 6.07) is 2.32. The van der Waals surface area contributed by atoms with Crippen LogP contribution in [0.25, 0.3) is 11.5 Å². The number of fused-ring (bicyclic) bond motifs is 3. The fraction of sp³-hybridized carbons (Fsp3) is 0.571. The predicted octanol–water partition coefficient (Wildman–Crippen LogP) is 1.61. The number of piperazine rings is 3. The largest absolute Gasteiger partial charge is 0.390 e. The Bertz CT molecular complexity index is 644. The summed E-state index contributed by atoms with van der Waals surface area (Å²) >= 11 is 1.60. The van der Waals surface area contributed by atoms with Gasteiger partial charge in [-0.05, 0) is 12.5 Å². The Morgan fingerprint density at radius 3 is 2.81 bits per heavy atom. The van der Waals surface area contributed by atoms with Gasteiger partial charge in [0, 0.05) is 37.6 Å². The van der Waals surface area contributed by atoms with Crippen LogP contribution in [0.15, 0.2) is 10.6 Å². The SMILES string of the molecule is CCc1cc(-c2nc(C3CN4CCN3CC4)no2)c(N)s1. The van der Waals surface area contributed by atoms with E-state index in [9.17, 15) is 0 Å². The molecule has 0 saturated carbocycles. The van der Waals surface area contributed by atoms with E-state index in [2.05, 4.69) is 32.9 Å². The first kappa shape index (κ1) is 13.2. The molecule has 0 aromatic carbocycles. The van der Waals surface area contributed by atoms with Gasteiger partial charge in [-0.25, -0.2) is 0 Å². The molecular weight excluding hydrogens is 286 g/mol. The number of hydrogen-bond acceptors (Lipinski definition) is 7. The number of nitrogens with zero attached hydrogens (tertiary/aromatic N) is 4. The molecule has 5 heterocycles. The Morgan fingerprint density at radius 2 is 2.19 bits per heavy atom. The van der Waals surface area contributed by atoms with Gasteiger partial charge >= 0.3 is 0 Å². The topological polar surface area (TPSA) is 71.4 Å². The number of aromatic nitrogens is 2. The molecule has 3 aliphatic rings. The Balaban J connectivity index is 1.62. The van der Waals surface area contributed by atoms with E-state index in [1.54, 1.807) is 11.3 Å². The molecule has 0 aliphatic carbocycles. The van der Waals surface area contributed by atoms with Gasteiger partial charge in [-0.3, -0.25) is 9.80 Å². The zero-order chi connectivity index (χ0) is 14.4. The maximum absolute atomic E-state index is 6.07. The second-order valence-corrected chi connectivity index (χ2v) is 6.82. The summed E-state index contributed by atoms with van der Waals surface area (Å²) in [5.74, 6) is 1.34. The van der Waals surface area contributed by atoms with Gasteiger partial charge in [-0.2, -0.15) is 4.98 Å². The van der Waals surface area contributed by atoms with Crippen molar-refractivity contribution in [2.75, 3.05) is 38.5 Å². The number of anilines is 1. The average Bonchev–Trinajstić information content (AvgIpc) is 3.14. The van der Waals surface area contributed by atoms with Crippen molar-refractivity contribution in [2.45, 2.75) is 19.4 Å². The van der Waals surface area contributed by atoms with Gasteiger partial charge in [0.2, 0.25) is 0 Å². The van der Waals surface area contributed by atoms with Crippen LogP contribution in [-0.2, 0) is 6.42 Å². The van der Waals surface area contributed by atoms with Crippen molar-refractivity contribution < 1.29 is 4.52 Å². The molecule has 2 bridgehead atoms. The van der Waals surface area contributed by atoms with Gasteiger partial charge in [-0.1, -0.05) is 12.1 Å². The van der Waals surface area contributed by atoms with E-state index < -0.39 is 0 Å². The molecule has 1 atom stereocenters. The van der Waals surface area contributed by atoms with Crippen LogP contribution in [0.2, 0.25) is 0 Å². The maximum Gasteiger partial charge on any atom is 0.260 e. The fourth-order valence-corrected chi connectivity index (χ4v) is 4.00. The highest BCUT2D eigenvalue weighted by Crippen LogP contribution is 2.35. The quantitative estimate of drug-likeness (QED) is 0.929. The van der Waals surface area contributed by atoms with Crippen molar-refractivity contribution in [1.29, 1.82) is 0 Å². The van der Waals surface area contributed by atoms with Crippen LogP contribution in [-0.4, -0.2) is 52.7 Å². The van der Waals surface area contributed by atoms with Crippen molar-refractivity contribution >= 4 is 16.3 Å². The first-order valence-electron chi connectivity index (χ1n) is 7.43. The molecule has 112 valence electrons. The lowest BCUT2D eigenvalue weighted by Crippen LogP contribution is -2.57. The Labute approximate surface area is 127 Å². The molecule has 0 radical (unpaired) electrons. The molecule has 6 nitrogen and oxygen atoms in total. The van der Waals surface area contributed by atoms with Crippen molar-refractivity contribution in [2.24, 2.45) is 0 Å². The summed E-state index contributed by atoms with van der Waals surface area (Å²) < 4.78 is 5.47. The summed E-state index contributed by atoms with van der Waals surface area (Å²) in [6.45, 7) is 7.61. The first-order valence-corrected chi connectivity index (χ1v) is 8.25. The van der Waals surface area contributed by atoms with Gasteiger partial charge in [-0.15, -0.1) is 11.3 Å². The van der Waals surface area contributed by atoms with E-state index >= 15 is 0 Å². The van der Waals surface area contributed by atoms with E-state index in [0.29, 0.717) is 5.89 Å². The molecule has 3 saturated heterocycles. The molecule has 1 unspecified atom stereocenters. The van der Waals surface area contributed by atoms with Crippen LogP contribution in [0.3, 0.4) is 0 Å². The van der Waals surface area contributed by atoms with E-state index in [1.807, 2.05) is 0 Å². The molecular formula is C14H19N5OS. The molecule has 21 heavy (non-hydrogen) atoms. The van der Waals surface area contributed by atoms with Gasteiger partial charge in [0.05, 0.1) is 16.6 Å². The standard InChI is InChI=1S/C14H19N5OS/c1-2-9-7-10(12(15)21-9)14-16-13(17-20-14)11-8-18-3-5-19(11)6-4-18/h7,11H,2-6,8,15H2,1H3. The maximum atomic E-state index is 6.07. The molecule has 2 aromatic heterocycles. The highest BCUT2D eigenvalue weighted by Gasteiger charge is 2.35. The molecule has 5 rings (SSSR count). The van der Waals surface area contributed by atoms with E-state index in [-0.39, 0.29) is 6.04 Å². The van der Waals surface area contributed by atoms with Gasteiger partial charge in [0.25, 0.3) is 5.89 Å². The van der Waals surface area contributed by atoms with E-state index in [0.717, 1.165) is 55.5 Å². The van der Waals surface area contributed by atoms with Gasteiger partial charge in [0.1, 0.15) is 0 Å². The zero-order valence-electron chi connectivity index (χ0n) is 12.1. The van der Waals surface area contributed by atoms with Crippen LogP contribution >= 0.6 is 11.3 Å². The van der Waals surface area contributed by atoms with Crippen LogP contribution in [0.1, 0.15) is 23.7 Å². The highest BCUT2D eigenvalue weighted by molar-refractivity contribution is 7.16. The minimum Gasteiger partial charge on any atom is -0.390 e. The van der Waals surface area contributed by atoms with Gasteiger partial charge < -0.3 is 10.3 Å². The molecule has 2 aromatic rings. The summed E-state index contributed by atoms with van der Waals surface area (Å²) in [5.41, 5.74) is 6.95. The van der Waals surface area contributed by atoms with Gasteiger partial charge in [0.15, 0.2) is 5.82 Å². The third-order valence-corrected chi connectivity index (χ3v) is 5.52. The third-order valence-electron chi connectivity index (χ3n) is 4.41. The third kappa shape index (κ3) is 2.25. The van der Waals surface area contributed by atoms with Crippen molar-refractivity contribution in [3.63, 3.8) is 0 Å². The summed E-state index contributed by atoms with van der Waals surface area (Å²) in [6.07, 6.45) is 0.973. The van der Waals surface area contributed by atoms with Crippen LogP contribution in [0.4, 0.5) is 5.00 Å². The Hall–Kier alpha value is -1.44. The smallest absolute Gasteiger partial charge is 0.260 e. The molecule has 0 spiro atoms. The lowest BCUT2D eigenvalue weighted by molar-refractivity contribution is 0.00781. The van der Waals surface area contributed by atoms with E-state index in [4.69, 9.17) is 10.3 Å². The fourth-order valence-electron chi connectivity index (χ4n) is 3.14. The monoisotopic (exact) mass is 305 g/mol. The Kier molecular flexibility index (Phi) is 3.20. The summed E-state index contributed by atoms with van der Waals surface area (Å²) in [7, 11) is 0. The van der Waals surface area contributed by atoms with Crippen LogP contribution < -0.4 is 5.73 Å². The molecule has 3 aliphatic heterocycles. The number of hydrogen-bond donors (Lipinski definition) is 1.